The smallest absolute Gasteiger partial charge is 0.303 e. The number of carbonyl (C=O) groups is 1. The second-order valence-electron chi connectivity index (χ2n) is 4.11. The third kappa shape index (κ3) is 25.5. The summed E-state index contributed by atoms with van der Waals surface area (Å²) >= 11 is 0. The predicted octanol–water partition coefficient (Wildman–Crippen LogP) is 2.74. The van der Waals surface area contributed by atoms with Crippen LogP contribution < -0.4 is 11.8 Å². The summed E-state index contributed by atoms with van der Waals surface area (Å²) in [5, 5.41) is 8.41. The minimum Gasteiger partial charge on any atom is -0.481 e. The molecule has 0 radical (unpaired) electrons. The van der Waals surface area contributed by atoms with Crippen molar-refractivity contribution < 1.29 is 14.8 Å². The predicted molar refractivity (Wildman–Crippen MR) is 68.9 cm³/mol. The van der Waals surface area contributed by atoms with Crippen LogP contribution >= 0.6 is 0 Å². The molecular weight excluding hydrogens is 220 g/mol. The summed E-state index contributed by atoms with van der Waals surface area (Å²) in [6.07, 6.45) is 11.5. The molecule has 0 fully saturated rings. The fourth-order valence-electron chi connectivity index (χ4n) is 1.59. The van der Waals surface area contributed by atoms with Crippen LogP contribution in [0.2, 0.25) is 0 Å². The van der Waals surface area contributed by atoms with E-state index in [1.54, 1.807) is 0 Å². The Morgan fingerprint density at radius 3 is 1.65 bits per heavy atom. The molecule has 0 aliphatic heterocycles. The molecule has 104 valence electrons. The summed E-state index contributed by atoms with van der Waals surface area (Å²) in [7, 11) is 0. The van der Waals surface area contributed by atoms with Crippen molar-refractivity contribution in [2.75, 3.05) is 0 Å². The van der Waals surface area contributed by atoms with Crippen molar-refractivity contribution in [3.8, 4) is 0 Å². The standard InChI is InChI=1S/C12H24O2.H4N2O/c1-2-3-4-5-6-7-8-9-10-11-12(13)14;1-3-2/h2-11H2,1H3,(H,13,14);1-2H2. The van der Waals surface area contributed by atoms with E-state index in [4.69, 9.17) is 5.11 Å². The van der Waals surface area contributed by atoms with Gasteiger partial charge in [0.2, 0.25) is 0 Å². The molecule has 5 nitrogen and oxygen atoms in total. The van der Waals surface area contributed by atoms with Crippen LogP contribution in [0.15, 0.2) is 0 Å². The first-order chi connectivity index (χ1) is 8.18. The van der Waals surface area contributed by atoms with Gasteiger partial charge in [-0.3, -0.25) is 4.79 Å². The van der Waals surface area contributed by atoms with Crippen molar-refractivity contribution in [2.45, 2.75) is 71.1 Å². The zero-order valence-electron chi connectivity index (χ0n) is 11.0. The van der Waals surface area contributed by atoms with E-state index in [0.717, 1.165) is 12.8 Å². The van der Waals surface area contributed by atoms with Gasteiger partial charge in [0.05, 0.1) is 0 Å². The van der Waals surface area contributed by atoms with Gasteiger partial charge >= 0.3 is 5.97 Å². The highest BCUT2D eigenvalue weighted by Gasteiger charge is 1.96. The van der Waals surface area contributed by atoms with Crippen LogP contribution in [-0.4, -0.2) is 11.1 Å². The van der Waals surface area contributed by atoms with Crippen LogP contribution in [0, 0.1) is 0 Å². The van der Waals surface area contributed by atoms with Gasteiger partial charge in [-0.05, 0) is 6.42 Å². The number of nitrogens with two attached hydrogens (primary N) is 2. The van der Waals surface area contributed by atoms with E-state index in [1.165, 1.54) is 44.9 Å². The van der Waals surface area contributed by atoms with Crippen LogP contribution in [0.3, 0.4) is 0 Å². The Morgan fingerprint density at radius 2 is 1.29 bits per heavy atom. The quantitative estimate of drug-likeness (QED) is 0.408. The zero-order valence-corrected chi connectivity index (χ0v) is 11.0. The first-order valence-electron chi connectivity index (χ1n) is 6.46. The van der Waals surface area contributed by atoms with E-state index in [0.29, 0.717) is 6.42 Å². The normalized spacial score (nSPS) is 9.59. The van der Waals surface area contributed by atoms with Crippen molar-refractivity contribution in [1.29, 1.82) is 0 Å². The van der Waals surface area contributed by atoms with E-state index in [-0.39, 0.29) is 0 Å². The average molecular weight is 248 g/mol. The second kappa shape index (κ2) is 17.7. The lowest BCUT2D eigenvalue weighted by atomic mass is 10.1. The molecule has 0 bridgehead atoms. The van der Waals surface area contributed by atoms with Crippen LogP contribution in [-0.2, 0) is 9.73 Å². The Labute approximate surface area is 104 Å². The molecule has 17 heavy (non-hydrogen) atoms. The van der Waals surface area contributed by atoms with E-state index < -0.39 is 5.97 Å². The van der Waals surface area contributed by atoms with Crippen LogP contribution in [0.25, 0.3) is 0 Å². The number of aliphatic carboxylic acids is 1. The van der Waals surface area contributed by atoms with E-state index >= 15 is 0 Å². The van der Waals surface area contributed by atoms with Gasteiger partial charge in [0, 0.05) is 6.42 Å². The van der Waals surface area contributed by atoms with Crippen molar-refractivity contribution in [3.05, 3.63) is 0 Å². The monoisotopic (exact) mass is 248 g/mol. The van der Waals surface area contributed by atoms with Gasteiger partial charge < -0.3 is 5.11 Å². The highest BCUT2D eigenvalue weighted by molar-refractivity contribution is 5.66. The lowest BCUT2D eigenvalue weighted by Gasteiger charge is -2.00. The molecular formula is C12H28N2O3. The Balaban J connectivity index is 0. The van der Waals surface area contributed by atoms with E-state index in [9.17, 15) is 4.79 Å². The fourth-order valence-corrected chi connectivity index (χ4v) is 1.59. The zero-order chi connectivity index (χ0) is 13.4. The second-order valence-corrected chi connectivity index (χ2v) is 4.11. The number of rotatable bonds is 10. The number of hydrogen-bond donors (Lipinski definition) is 3. The highest BCUT2D eigenvalue weighted by Crippen LogP contribution is 2.10. The Kier molecular flexibility index (Phi) is 19.5. The van der Waals surface area contributed by atoms with Gasteiger partial charge in [0.15, 0.2) is 0 Å². The maximum Gasteiger partial charge on any atom is 0.303 e. The van der Waals surface area contributed by atoms with Gasteiger partial charge in [-0.2, -0.15) is 11.8 Å². The lowest BCUT2D eigenvalue weighted by molar-refractivity contribution is -0.137. The molecule has 5 heteroatoms. The van der Waals surface area contributed by atoms with Crippen LogP contribution in [0.1, 0.15) is 71.1 Å². The summed E-state index contributed by atoms with van der Waals surface area (Å²) in [6, 6.07) is 0. The molecule has 0 aromatic heterocycles. The number of carboxylic acid groups (broad SMARTS) is 1. The molecule has 0 atom stereocenters. The van der Waals surface area contributed by atoms with Crippen molar-refractivity contribution >= 4 is 5.97 Å². The Bertz CT molecular complexity index is 155. The van der Waals surface area contributed by atoms with Gasteiger partial charge in [-0.15, -0.1) is 0 Å². The third-order valence-corrected chi connectivity index (χ3v) is 2.49. The minimum atomic E-state index is -0.659. The number of hydrogen-bond acceptors (Lipinski definition) is 4. The van der Waals surface area contributed by atoms with Crippen molar-refractivity contribution in [3.63, 3.8) is 0 Å². The van der Waals surface area contributed by atoms with Gasteiger partial charge in [0.25, 0.3) is 0 Å². The molecule has 0 spiro atoms. The summed E-state index contributed by atoms with van der Waals surface area (Å²) < 4.78 is 0. The van der Waals surface area contributed by atoms with Crippen LogP contribution in [0.4, 0.5) is 0 Å². The SMILES string of the molecule is CCCCCCCCCCCC(=O)O.NON. The van der Waals surface area contributed by atoms with Gasteiger partial charge in [-0.1, -0.05) is 58.3 Å². The number of unbranched alkanes of at least 4 members (excludes halogenated alkanes) is 8. The van der Waals surface area contributed by atoms with E-state index in [2.05, 4.69) is 23.7 Å². The molecule has 0 aliphatic carbocycles. The van der Waals surface area contributed by atoms with E-state index in [1.807, 2.05) is 0 Å². The van der Waals surface area contributed by atoms with Crippen molar-refractivity contribution in [1.82, 2.24) is 0 Å². The van der Waals surface area contributed by atoms with Gasteiger partial charge in [0.1, 0.15) is 0 Å². The molecule has 0 aliphatic rings. The van der Waals surface area contributed by atoms with Crippen LogP contribution in [0.5, 0.6) is 0 Å². The Morgan fingerprint density at radius 1 is 0.941 bits per heavy atom. The largest absolute Gasteiger partial charge is 0.481 e. The highest BCUT2D eigenvalue weighted by atomic mass is 16.7. The Hall–Kier alpha value is -0.650. The fraction of sp³-hybridized carbons (Fsp3) is 0.917. The van der Waals surface area contributed by atoms with Gasteiger partial charge in [-0.25, -0.2) is 4.94 Å². The molecule has 0 heterocycles. The summed E-state index contributed by atoms with van der Waals surface area (Å²) in [6.45, 7) is 2.23. The molecule has 5 N–H and O–H groups in total. The summed E-state index contributed by atoms with van der Waals surface area (Å²) in [5.74, 6) is 7.59. The molecule has 0 aromatic rings. The average Bonchev–Trinajstić information content (AvgIpc) is 2.27. The molecule has 0 amide bonds. The number of carboxylic acids is 1. The third-order valence-electron chi connectivity index (χ3n) is 2.49. The molecule has 0 aromatic carbocycles. The maximum atomic E-state index is 10.2. The lowest BCUT2D eigenvalue weighted by Crippen LogP contribution is -2.03. The topological polar surface area (TPSA) is 98.6 Å². The molecule has 0 rings (SSSR count). The summed E-state index contributed by atoms with van der Waals surface area (Å²) in [4.78, 5) is 13.5. The molecule has 0 unspecified atom stereocenters. The maximum absolute atomic E-state index is 10.2. The first-order valence-corrected chi connectivity index (χ1v) is 6.46. The molecule has 0 saturated carbocycles. The van der Waals surface area contributed by atoms with Crippen molar-refractivity contribution in [2.24, 2.45) is 11.8 Å². The first kappa shape index (κ1) is 18.7. The summed E-state index contributed by atoms with van der Waals surface area (Å²) in [5.41, 5.74) is 0. The molecule has 0 saturated heterocycles. The minimum absolute atomic E-state index is 0.343.